The van der Waals surface area contributed by atoms with Gasteiger partial charge in [-0.15, -0.1) is 0 Å². The van der Waals surface area contributed by atoms with Crippen LogP contribution in [0.3, 0.4) is 0 Å². The summed E-state index contributed by atoms with van der Waals surface area (Å²) in [5.74, 6) is -0.817. The number of hydrogen-bond donors (Lipinski definition) is 1. The predicted octanol–water partition coefficient (Wildman–Crippen LogP) is 4.16. The summed E-state index contributed by atoms with van der Waals surface area (Å²) in [4.78, 5) is 38.6. The summed E-state index contributed by atoms with van der Waals surface area (Å²) in [6, 6.07) is 18.9. The second-order valence-corrected chi connectivity index (χ2v) is 11.0. The Balaban J connectivity index is 0.000000161. The summed E-state index contributed by atoms with van der Waals surface area (Å²) < 4.78 is 37.1. The van der Waals surface area contributed by atoms with Crippen LogP contribution < -0.4 is 0 Å². The number of nitrogens with zero attached hydrogens (tertiary/aromatic N) is 2. The number of hydrogen-bond acceptors (Lipinski definition) is 6. The van der Waals surface area contributed by atoms with Crippen LogP contribution in [0.25, 0.3) is 0 Å². The average Bonchev–Trinajstić information content (AvgIpc) is 3.71. The van der Waals surface area contributed by atoms with Gasteiger partial charge < -0.3 is 24.4 Å². The number of likely N-dealkylation sites (tertiary alicyclic amines) is 2. The molecule has 2 saturated carbocycles. The molecule has 0 bridgehead atoms. The zero-order chi connectivity index (χ0) is 28.2. The minimum absolute atomic E-state index is 0.0400. The lowest BCUT2D eigenvalue weighted by Crippen LogP contribution is -2.33. The third-order valence-electron chi connectivity index (χ3n) is 8.38. The van der Waals surface area contributed by atoms with Crippen LogP contribution in [0.15, 0.2) is 60.7 Å². The van der Waals surface area contributed by atoms with Crippen molar-refractivity contribution in [1.82, 2.24) is 9.80 Å². The van der Waals surface area contributed by atoms with E-state index in [0.29, 0.717) is 26.1 Å². The van der Waals surface area contributed by atoms with Gasteiger partial charge in [0.2, 0.25) is 0 Å². The fourth-order valence-electron chi connectivity index (χ4n) is 6.20. The number of amides is 2. The zero-order valence-electron chi connectivity index (χ0n) is 22.1. The predicted molar refractivity (Wildman–Crippen MR) is 140 cm³/mol. The van der Waals surface area contributed by atoms with E-state index in [1.165, 1.54) is 4.90 Å². The molecule has 1 N–H and O–H groups in total. The van der Waals surface area contributed by atoms with Gasteiger partial charge in [0.05, 0.1) is 6.10 Å². The lowest BCUT2D eigenvalue weighted by Gasteiger charge is -2.19. The van der Waals surface area contributed by atoms with E-state index >= 15 is 0 Å². The molecule has 4 fully saturated rings. The SMILES string of the molecule is O=C(OCc1ccccc1)N1C[C@@H]2C[C@H](F)[C@H](O)[C@@H]2C1.O=C1[C@@H](F)C[C@H]2CN(C(=O)OCc3ccccc3)C[C@@H]12. The first-order chi connectivity index (χ1) is 19.3. The number of carbonyl (C=O) groups is 3. The Morgan fingerprint density at radius 1 is 0.775 bits per heavy atom. The largest absolute Gasteiger partial charge is 0.445 e. The first kappa shape index (κ1) is 28.0. The normalized spacial score (nSPS) is 30.4. The lowest BCUT2D eigenvalue weighted by atomic mass is 10.00. The lowest BCUT2D eigenvalue weighted by molar-refractivity contribution is -0.124. The molecule has 2 aromatic rings. The van der Waals surface area contributed by atoms with E-state index in [-0.39, 0.29) is 61.7 Å². The van der Waals surface area contributed by atoms with Gasteiger partial charge in [-0.3, -0.25) is 4.79 Å². The summed E-state index contributed by atoms with van der Waals surface area (Å²) in [6.07, 6.45) is -3.65. The molecule has 214 valence electrons. The molecular formula is C30H34F2N2O6. The number of benzene rings is 2. The molecule has 10 heteroatoms. The minimum atomic E-state index is -1.34. The van der Waals surface area contributed by atoms with Gasteiger partial charge in [-0.1, -0.05) is 60.7 Å². The Bertz CT molecular complexity index is 1190. The quantitative estimate of drug-likeness (QED) is 0.608. The molecule has 2 amide bonds. The van der Waals surface area contributed by atoms with Crippen LogP contribution in [-0.2, 0) is 27.5 Å². The van der Waals surface area contributed by atoms with Gasteiger partial charge in [0, 0.05) is 38.0 Å². The van der Waals surface area contributed by atoms with Crippen LogP contribution in [0.1, 0.15) is 24.0 Å². The van der Waals surface area contributed by atoms with Crippen molar-refractivity contribution in [2.24, 2.45) is 23.7 Å². The molecule has 2 aliphatic heterocycles. The number of alkyl halides is 2. The van der Waals surface area contributed by atoms with Crippen molar-refractivity contribution in [3.05, 3.63) is 71.8 Å². The molecule has 4 aliphatic rings. The number of aliphatic hydroxyl groups is 1. The van der Waals surface area contributed by atoms with Crippen LogP contribution in [-0.4, -0.2) is 77.5 Å². The van der Waals surface area contributed by atoms with Crippen LogP contribution >= 0.6 is 0 Å². The molecule has 0 unspecified atom stereocenters. The van der Waals surface area contributed by atoms with Gasteiger partial charge in [-0.25, -0.2) is 18.4 Å². The fourth-order valence-corrected chi connectivity index (χ4v) is 6.20. The summed E-state index contributed by atoms with van der Waals surface area (Å²) >= 11 is 0. The molecule has 40 heavy (non-hydrogen) atoms. The third kappa shape index (κ3) is 6.27. The van der Waals surface area contributed by atoms with Crippen molar-refractivity contribution < 1.29 is 37.7 Å². The van der Waals surface area contributed by atoms with E-state index in [1.54, 1.807) is 4.90 Å². The van der Waals surface area contributed by atoms with E-state index in [4.69, 9.17) is 9.47 Å². The highest BCUT2D eigenvalue weighted by molar-refractivity contribution is 5.89. The Hall–Kier alpha value is -3.53. The maximum atomic E-state index is 13.4. The van der Waals surface area contributed by atoms with Crippen LogP contribution in [0, 0.1) is 23.7 Å². The highest BCUT2D eigenvalue weighted by atomic mass is 19.1. The number of ether oxygens (including phenoxy) is 2. The van der Waals surface area contributed by atoms with Crippen molar-refractivity contribution >= 4 is 18.0 Å². The molecule has 2 aliphatic carbocycles. The summed E-state index contributed by atoms with van der Waals surface area (Å²) in [5.41, 5.74) is 1.85. The van der Waals surface area contributed by atoms with E-state index in [2.05, 4.69) is 0 Å². The van der Waals surface area contributed by atoms with Gasteiger partial charge in [-0.2, -0.15) is 0 Å². The molecule has 0 spiro atoms. The van der Waals surface area contributed by atoms with Crippen molar-refractivity contribution in [2.75, 3.05) is 26.2 Å². The first-order valence-corrected chi connectivity index (χ1v) is 13.7. The summed E-state index contributed by atoms with van der Waals surface area (Å²) in [5, 5.41) is 9.72. The van der Waals surface area contributed by atoms with Gasteiger partial charge in [0.1, 0.15) is 19.4 Å². The Labute approximate surface area is 231 Å². The van der Waals surface area contributed by atoms with Gasteiger partial charge in [0.25, 0.3) is 0 Å². The van der Waals surface area contributed by atoms with E-state index in [1.807, 2.05) is 60.7 Å². The van der Waals surface area contributed by atoms with Crippen molar-refractivity contribution in [3.63, 3.8) is 0 Å². The second kappa shape index (κ2) is 12.3. The van der Waals surface area contributed by atoms with Crippen molar-refractivity contribution in [2.45, 2.75) is 44.5 Å². The highest BCUT2D eigenvalue weighted by Gasteiger charge is 2.50. The monoisotopic (exact) mass is 556 g/mol. The topological polar surface area (TPSA) is 96.4 Å². The number of ketones is 1. The highest BCUT2D eigenvalue weighted by Crippen LogP contribution is 2.40. The first-order valence-electron chi connectivity index (χ1n) is 13.7. The van der Waals surface area contributed by atoms with E-state index in [9.17, 15) is 28.3 Å². The number of aliphatic hydroxyl groups excluding tert-OH is 1. The number of Topliss-reactive ketones (excluding diaryl/α,β-unsaturated/α-hetero) is 1. The Kier molecular flexibility index (Phi) is 8.63. The van der Waals surface area contributed by atoms with Gasteiger partial charge in [0.15, 0.2) is 12.0 Å². The molecule has 6 rings (SSSR count). The maximum absolute atomic E-state index is 13.4. The Morgan fingerprint density at radius 2 is 1.30 bits per heavy atom. The molecule has 0 radical (unpaired) electrons. The molecule has 2 heterocycles. The molecular weight excluding hydrogens is 522 g/mol. The second-order valence-electron chi connectivity index (χ2n) is 11.0. The zero-order valence-corrected chi connectivity index (χ0v) is 22.1. The van der Waals surface area contributed by atoms with Crippen LogP contribution in [0.2, 0.25) is 0 Å². The number of rotatable bonds is 4. The number of carbonyl (C=O) groups excluding carboxylic acids is 3. The summed E-state index contributed by atoms with van der Waals surface area (Å²) in [6.45, 7) is 2.03. The summed E-state index contributed by atoms with van der Waals surface area (Å²) in [7, 11) is 0. The van der Waals surface area contributed by atoms with E-state index in [0.717, 1.165) is 11.1 Å². The molecule has 8 nitrogen and oxygen atoms in total. The van der Waals surface area contributed by atoms with Crippen LogP contribution in [0.5, 0.6) is 0 Å². The molecule has 7 atom stereocenters. The van der Waals surface area contributed by atoms with E-state index < -0.39 is 24.5 Å². The maximum Gasteiger partial charge on any atom is 0.410 e. The molecule has 2 saturated heterocycles. The minimum Gasteiger partial charge on any atom is -0.445 e. The van der Waals surface area contributed by atoms with Crippen molar-refractivity contribution in [3.8, 4) is 0 Å². The number of fused-ring (bicyclic) bond motifs is 2. The van der Waals surface area contributed by atoms with Gasteiger partial charge in [-0.05, 0) is 35.8 Å². The van der Waals surface area contributed by atoms with Crippen LogP contribution in [0.4, 0.5) is 18.4 Å². The standard InChI is InChI=1S/C15H18FNO3.C15H16FNO3/c2*16-13-6-11-7-17(8-12(11)14(13)18)15(19)20-9-10-4-2-1-3-5-10/h1-5,11-14,18H,6-9H2;1-5,11-13H,6-9H2/t11-,12+,13-,14+;11-,12+,13-/m00/s1. The molecule has 0 aromatic heterocycles. The average molecular weight is 557 g/mol. The third-order valence-corrected chi connectivity index (χ3v) is 8.38. The van der Waals surface area contributed by atoms with Crippen molar-refractivity contribution in [1.29, 1.82) is 0 Å². The fraction of sp³-hybridized carbons (Fsp3) is 0.500. The molecule has 2 aromatic carbocycles. The van der Waals surface area contributed by atoms with Gasteiger partial charge >= 0.3 is 12.2 Å². The Morgan fingerprint density at radius 3 is 1.82 bits per heavy atom. The number of halogens is 2. The smallest absolute Gasteiger partial charge is 0.410 e.